The Morgan fingerprint density at radius 1 is 0.443 bits per heavy atom. The van der Waals surface area contributed by atoms with Gasteiger partial charge in [-0.15, -0.1) is 0 Å². The van der Waals surface area contributed by atoms with Crippen molar-refractivity contribution in [3.05, 3.63) is 89.5 Å². The fourth-order valence-corrected chi connectivity index (χ4v) is 7.57. The molecule has 0 saturated heterocycles. The minimum atomic E-state index is -0.380. The Hall–Kier alpha value is -5.57. The van der Waals surface area contributed by atoms with E-state index in [1.807, 2.05) is 95.7 Å². The smallest absolute Gasteiger partial charge is 0.149 e. The third-order valence-electron chi connectivity index (χ3n) is 12.6. The van der Waals surface area contributed by atoms with Gasteiger partial charge < -0.3 is 58.9 Å². The number of ketones is 7. The Labute approximate surface area is 476 Å². The Bertz CT molecular complexity index is 2070. The number of carbonyl (C=O) groups is 7. The van der Waals surface area contributed by atoms with E-state index in [-0.39, 0.29) is 95.1 Å². The summed E-state index contributed by atoms with van der Waals surface area (Å²) >= 11 is 0. The number of nitrogen functional groups attached to an aromatic ring is 2. The summed E-state index contributed by atoms with van der Waals surface area (Å²) < 4.78 is 0. The number of benzene rings is 3. The number of nitrogens with one attached hydrogen (secondary N) is 7. The number of hydrogen-bond donors (Lipinski definition) is 11. The molecule has 3 aromatic rings. The second kappa shape index (κ2) is 47.3. The van der Waals surface area contributed by atoms with E-state index >= 15 is 0 Å². The van der Waals surface area contributed by atoms with Crippen molar-refractivity contribution < 1.29 is 43.8 Å². The van der Waals surface area contributed by atoms with Crippen molar-refractivity contribution in [2.24, 2.45) is 17.8 Å². The second-order valence-corrected chi connectivity index (χ2v) is 20.2. The summed E-state index contributed by atoms with van der Waals surface area (Å²) in [5.41, 5.74) is 15.9. The molecule has 0 aliphatic heterocycles. The lowest BCUT2D eigenvalue weighted by atomic mass is 9.96. The maximum absolute atomic E-state index is 11.2. The molecule has 450 valence electrons. The van der Waals surface area contributed by atoms with Crippen LogP contribution in [-0.2, 0) is 52.8 Å². The van der Waals surface area contributed by atoms with Gasteiger partial charge in [0.2, 0.25) is 0 Å². The van der Waals surface area contributed by atoms with Crippen LogP contribution in [0.2, 0.25) is 0 Å². The molecule has 8 atom stereocenters. The van der Waals surface area contributed by atoms with E-state index in [2.05, 4.69) is 64.9 Å². The average Bonchev–Trinajstić information content (AvgIpc) is 3.37. The van der Waals surface area contributed by atoms with Gasteiger partial charge in [0.05, 0.1) is 48.9 Å². The van der Waals surface area contributed by atoms with Crippen LogP contribution in [0.25, 0.3) is 0 Å². The Balaban J connectivity index is -0.000000420. The van der Waals surface area contributed by atoms with Crippen molar-refractivity contribution in [1.29, 1.82) is 0 Å². The minimum Gasteiger partial charge on any atom is -0.508 e. The first-order valence-electron chi connectivity index (χ1n) is 27.2. The van der Waals surface area contributed by atoms with Gasteiger partial charge in [-0.05, 0) is 194 Å². The minimum absolute atomic E-state index is 0.0324. The highest BCUT2D eigenvalue weighted by Gasteiger charge is 2.18. The van der Waals surface area contributed by atoms with Crippen molar-refractivity contribution in [3.8, 4) is 5.75 Å². The van der Waals surface area contributed by atoms with Crippen LogP contribution in [0.1, 0.15) is 120 Å². The number of rotatable bonds is 26. The van der Waals surface area contributed by atoms with E-state index < -0.39 is 0 Å². The normalized spacial score (nSPS) is 13.4. The van der Waals surface area contributed by atoms with E-state index in [1.54, 1.807) is 81.9 Å². The zero-order chi connectivity index (χ0) is 62.0. The number of aromatic hydroxyl groups is 1. The first-order valence-corrected chi connectivity index (χ1v) is 27.2. The summed E-state index contributed by atoms with van der Waals surface area (Å²) in [6.45, 7) is 23.4. The third kappa shape index (κ3) is 40.3. The molecule has 0 amide bonds. The summed E-state index contributed by atoms with van der Waals surface area (Å²) in [6.07, 6.45) is 4.05. The number of hydrogen-bond acceptors (Lipinski definition) is 18. The van der Waals surface area contributed by atoms with E-state index in [4.69, 9.17) is 21.7 Å². The molecule has 0 aliphatic carbocycles. The standard InChI is InChI=1S/2C11H16N2O.C11H15NO2.2C8H17NO.C7H15NO.C5H11NO2/c1-8(14)11(13-2)7-9-3-5-10(12)6-4-9;1-8(14)11(13-2)7-9-4-3-5-10(12)6-9;1-8(13)11(12-2)7-9-3-5-10(14)6-4-9;1-6(2)5-8(9-4)7(3)10;1-5-6(2)8(9-4)7(3)10;1-5(2)7(8-4)6(3)9;1-4(8)5(3-7)6-2/h2*3-6,11,13H,7,12H2,1-2H3;3-6,11-12,14H,7H2,1-2H3;2*6,8-9H,5H2,1-4H3;5,7-8H,1-4H3;5-7H,3H2,1-2H3. The van der Waals surface area contributed by atoms with Crippen LogP contribution in [0.3, 0.4) is 0 Å². The van der Waals surface area contributed by atoms with Gasteiger partial charge >= 0.3 is 0 Å². The molecular formula is C61H107N9O9. The topological polar surface area (TPSA) is 296 Å². The lowest BCUT2D eigenvalue weighted by Crippen LogP contribution is -2.37. The first-order chi connectivity index (χ1) is 36.9. The second-order valence-electron chi connectivity index (χ2n) is 20.2. The molecule has 79 heavy (non-hydrogen) atoms. The summed E-state index contributed by atoms with van der Waals surface area (Å²) in [4.78, 5) is 76.4. The zero-order valence-corrected chi connectivity index (χ0v) is 51.9. The van der Waals surface area contributed by atoms with Gasteiger partial charge in [-0.1, -0.05) is 84.4 Å². The Morgan fingerprint density at radius 2 is 0.797 bits per heavy atom. The maximum atomic E-state index is 11.2. The number of aliphatic hydroxyl groups excluding tert-OH is 1. The predicted molar refractivity (Wildman–Crippen MR) is 326 cm³/mol. The SMILES string of the molecule is CCC(C)C(NC)C(C)=O.CNC(C(C)=O)C(C)C.CNC(CC(C)C)C(C)=O.CNC(CO)C(C)=O.CNC(Cc1ccc(N)cc1)C(C)=O.CNC(Cc1ccc(O)cc1)C(C)=O.CNC(Cc1cccc(N)c1)C(C)=O. The molecule has 13 N–H and O–H groups in total. The summed E-state index contributed by atoms with van der Waals surface area (Å²) in [6, 6.07) is 21.5. The van der Waals surface area contributed by atoms with Gasteiger partial charge in [-0.2, -0.15) is 0 Å². The fraction of sp³-hybridized carbons (Fsp3) is 0.590. The zero-order valence-electron chi connectivity index (χ0n) is 51.9. The van der Waals surface area contributed by atoms with Gasteiger partial charge in [0.25, 0.3) is 0 Å². The summed E-state index contributed by atoms with van der Waals surface area (Å²) in [5, 5.41) is 38.0. The molecule has 8 unspecified atom stereocenters. The van der Waals surface area contributed by atoms with Crippen molar-refractivity contribution in [1.82, 2.24) is 37.2 Å². The first kappa shape index (κ1) is 79.9. The molecule has 0 heterocycles. The number of phenolic OH excluding ortho intramolecular Hbond substituents is 1. The number of anilines is 2. The van der Waals surface area contributed by atoms with Crippen molar-refractivity contribution in [3.63, 3.8) is 0 Å². The number of nitrogens with two attached hydrogens (primary N) is 2. The quantitative estimate of drug-likeness (QED) is 0.0444. The van der Waals surface area contributed by atoms with Crippen molar-refractivity contribution >= 4 is 51.9 Å². The molecule has 3 rings (SSSR count). The van der Waals surface area contributed by atoms with Crippen molar-refractivity contribution in [2.75, 3.05) is 67.4 Å². The van der Waals surface area contributed by atoms with E-state index in [9.17, 15) is 33.6 Å². The van der Waals surface area contributed by atoms with Crippen LogP contribution in [-0.4, -0.2) is 149 Å². The lowest BCUT2D eigenvalue weighted by molar-refractivity contribution is -0.120. The number of aliphatic hydroxyl groups is 1. The van der Waals surface area contributed by atoms with Gasteiger partial charge in [-0.3, -0.25) is 33.6 Å². The molecule has 0 bridgehead atoms. The largest absolute Gasteiger partial charge is 0.508 e. The van der Waals surface area contributed by atoms with Crippen LogP contribution >= 0.6 is 0 Å². The van der Waals surface area contributed by atoms with Crippen LogP contribution in [0.5, 0.6) is 5.75 Å². The van der Waals surface area contributed by atoms with Crippen LogP contribution in [0.4, 0.5) is 11.4 Å². The molecule has 18 heteroatoms. The van der Waals surface area contributed by atoms with Gasteiger partial charge in [0, 0.05) is 11.4 Å². The summed E-state index contributed by atoms with van der Waals surface area (Å²) in [7, 11) is 12.5. The highest BCUT2D eigenvalue weighted by atomic mass is 16.3. The maximum Gasteiger partial charge on any atom is 0.149 e. The van der Waals surface area contributed by atoms with Gasteiger partial charge in [0.15, 0.2) is 0 Å². The van der Waals surface area contributed by atoms with Crippen LogP contribution in [0.15, 0.2) is 72.8 Å². The molecule has 3 aromatic carbocycles. The predicted octanol–water partition coefficient (Wildman–Crippen LogP) is 5.48. The number of Topliss-reactive ketones (excluding diaryl/α,β-unsaturated/α-hetero) is 7. The molecule has 0 radical (unpaired) electrons. The van der Waals surface area contributed by atoms with Gasteiger partial charge in [-0.25, -0.2) is 0 Å². The van der Waals surface area contributed by atoms with E-state index in [0.717, 1.165) is 40.9 Å². The molecule has 18 nitrogen and oxygen atoms in total. The monoisotopic (exact) mass is 1110 g/mol. The fourth-order valence-electron chi connectivity index (χ4n) is 7.57. The molecule has 0 spiro atoms. The third-order valence-corrected chi connectivity index (χ3v) is 12.6. The number of carbonyl (C=O) groups excluding carboxylic acids is 7. The Morgan fingerprint density at radius 3 is 1.01 bits per heavy atom. The number of likely N-dealkylation sites (N-methyl/N-ethyl adjacent to an activating group) is 7. The van der Waals surface area contributed by atoms with Crippen LogP contribution < -0.4 is 48.7 Å². The average molecular weight is 1110 g/mol. The molecule has 0 saturated carbocycles. The summed E-state index contributed by atoms with van der Waals surface area (Å²) in [5.74, 6) is 2.75. The molecular weight excluding hydrogens is 1000 g/mol. The molecule has 0 aromatic heterocycles. The number of phenols is 1. The van der Waals surface area contributed by atoms with E-state index in [1.165, 1.54) is 6.92 Å². The highest BCUT2D eigenvalue weighted by Crippen LogP contribution is 2.13. The lowest BCUT2D eigenvalue weighted by Gasteiger charge is -2.18. The Kier molecular flexibility index (Phi) is 47.8. The van der Waals surface area contributed by atoms with Gasteiger partial charge in [0.1, 0.15) is 46.2 Å². The highest BCUT2D eigenvalue weighted by molar-refractivity contribution is 5.84. The van der Waals surface area contributed by atoms with Crippen molar-refractivity contribution in [2.45, 2.75) is 164 Å². The molecule has 0 fully saturated rings. The molecule has 0 aliphatic rings. The van der Waals surface area contributed by atoms with Crippen LogP contribution in [0, 0.1) is 17.8 Å². The van der Waals surface area contributed by atoms with E-state index in [0.29, 0.717) is 37.0 Å².